The summed E-state index contributed by atoms with van der Waals surface area (Å²) in [6, 6.07) is 3.71. The molecule has 0 bridgehead atoms. The smallest absolute Gasteiger partial charge is 0.317 e. The number of likely N-dealkylation sites (tertiary alicyclic amines) is 1. The molecule has 2 aromatic heterocycles. The van der Waals surface area contributed by atoms with Crippen LogP contribution >= 0.6 is 0 Å². The van der Waals surface area contributed by atoms with Crippen LogP contribution in [0, 0.1) is 6.92 Å². The Kier molecular flexibility index (Phi) is 5.08. The molecule has 4 heterocycles. The molecular weight excluding hydrogens is 348 g/mol. The van der Waals surface area contributed by atoms with Gasteiger partial charge in [0.25, 0.3) is 0 Å². The van der Waals surface area contributed by atoms with Gasteiger partial charge in [-0.1, -0.05) is 5.16 Å². The van der Waals surface area contributed by atoms with Gasteiger partial charge in [-0.15, -0.1) is 0 Å². The second-order valence-electron chi connectivity index (χ2n) is 6.88. The van der Waals surface area contributed by atoms with E-state index in [0.29, 0.717) is 24.8 Å². The number of amides is 2. The molecule has 0 radical (unpaired) electrons. The first-order chi connectivity index (χ1) is 13.2. The van der Waals surface area contributed by atoms with Gasteiger partial charge in [-0.2, -0.15) is 4.98 Å². The van der Waals surface area contributed by atoms with Crippen molar-refractivity contribution in [3.8, 4) is 5.75 Å². The highest BCUT2D eigenvalue weighted by Gasteiger charge is 2.29. The molecule has 2 amide bonds. The lowest BCUT2D eigenvalue weighted by atomic mass is 10.3. The monoisotopic (exact) mass is 372 g/mol. The Hall–Kier alpha value is -2.84. The molecule has 9 heteroatoms. The zero-order chi connectivity index (χ0) is 18.6. The van der Waals surface area contributed by atoms with E-state index in [4.69, 9.17) is 9.26 Å². The van der Waals surface area contributed by atoms with Gasteiger partial charge in [0.1, 0.15) is 6.10 Å². The molecule has 2 fully saturated rings. The molecule has 0 aliphatic carbocycles. The molecule has 0 unspecified atom stereocenters. The highest BCUT2D eigenvalue weighted by molar-refractivity contribution is 5.74. The van der Waals surface area contributed by atoms with Crippen LogP contribution in [0.3, 0.4) is 0 Å². The van der Waals surface area contributed by atoms with Gasteiger partial charge in [0.2, 0.25) is 5.89 Å². The van der Waals surface area contributed by atoms with Gasteiger partial charge in [0.05, 0.1) is 13.1 Å². The molecule has 0 aromatic carbocycles. The van der Waals surface area contributed by atoms with E-state index in [-0.39, 0.29) is 18.7 Å². The second-order valence-corrected chi connectivity index (χ2v) is 6.88. The Balaban J connectivity index is 1.31. The van der Waals surface area contributed by atoms with Crippen LogP contribution in [0.15, 0.2) is 22.9 Å². The van der Waals surface area contributed by atoms with Crippen molar-refractivity contribution in [1.29, 1.82) is 0 Å². The third-order valence-electron chi connectivity index (χ3n) is 4.85. The molecule has 1 N–H and O–H groups in total. The highest BCUT2D eigenvalue weighted by Crippen LogP contribution is 2.30. The van der Waals surface area contributed by atoms with E-state index < -0.39 is 0 Å². The summed E-state index contributed by atoms with van der Waals surface area (Å²) in [6.45, 7) is 5.20. The van der Waals surface area contributed by atoms with Crippen LogP contribution in [0.4, 0.5) is 10.6 Å². The Labute approximate surface area is 157 Å². The predicted octanol–water partition coefficient (Wildman–Crippen LogP) is 1.74. The number of urea groups is 1. The number of carbonyl (C=O) groups excluding carboxylic acids is 1. The van der Waals surface area contributed by atoms with E-state index in [1.165, 1.54) is 12.8 Å². The predicted molar refractivity (Wildman–Crippen MR) is 97.6 cm³/mol. The maximum atomic E-state index is 12.4. The summed E-state index contributed by atoms with van der Waals surface area (Å²) in [5.74, 6) is 2.66. The van der Waals surface area contributed by atoms with Gasteiger partial charge in [0, 0.05) is 39.2 Å². The maximum absolute atomic E-state index is 12.4. The van der Waals surface area contributed by atoms with Gasteiger partial charge < -0.3 is 24.4 Å². The minimum atomic E-state index is -0.144. The van der Waals surface area contributed by atoms with E-state index in [1.54, 1.807) is 18.0 Å². The van der Waals surface area contributed by atoms with E-state index in [1.807, 2.05) is 12.1 Å². The summed E-state index contributed by atoms with van der Waals surface area (Å²) in [4.78, 5) is 25.0. The summed E-state index contributed by atoms with van der Waals surface area (Å²) in [5, 5.41) is 6.60. The molecular formula is C18H24N6O3. The third kappa shape index (κ3) is 4.12. The topological polar surface area (TPSA) is 96.6 Å². The average molecular weight is 372 g/mol. The standard InChI is InChI=1S/C18H24N6O3/c1-13-21-16(22-27-13)11-20-18(25)24-10-6-14(12-24)26-15-5-4-7-19-17(15)23-8-2-3-9-23/h4-5,7,14H,2-3,6,8-12H2,1H3,(H,20,25)/t14-/m1/s1. The summed E-state index contributed by atoms with van der Waals surface area (Å²) in [6.07, 6.45) is 4.94. The highest BCUT2D eigenvalue weighted by atomic mass is 16.5. The summed E-state index contributed by atoms with van der Waals surface area (Å²) < 4.78 is 11.1. The zero-order valence-corrected chi connectivity index (χ0v) is 15.4. The van der Waals surface area contributed by atoms with Crippen LogP contribution in [0.1, 0.15) is 31.0 Å². The molecule has 1 atom stereocenters. The molecule has 2 aliphatic rings. The number of aryl methyl sites for hydroxylation is 1. The molecule has 27 heavy (non-hydrogen) atoms. The van der Waals surface area contributed by atoms with E-state index in [9.17, 15) is 4.79 Å². The van der Waals surface area contributed by atoms with Crippen molar-refractivity contribution in [2.45, 2.75) is 38.8 Å². The molecule has 2 aromatic rings. The molecule has 0 spiro atoms. The quantitative estimate of drug-likeness (QED) is 0.854. The number of aromatic nitrogens is 3. The van der Waals surface area contributed by atoms with Crippen molar-refractivity contribution < 1.29 is 14.1 Å². The number of hydrogen-bond donors (Lipinski definition) is 1. The number of nitrogens with one attached hydrogen (secondary N) is 1. The van der Waals surface area contributed by atoms with Gasteiger partial charge in [-0.05, 0) is 25.0 Å². The first kappa shape index (κ1) is 17.6. The van der Waals surface area contributed by atoms with Crippen LogP contribution in [-0.4, -0.2) is 58.3 Å². The van der Waals surface area contributed by atoms with Crippen molar-refractivity contribution in [2.24, 2.45) is 0 Å². The van der Waals surface area contributed by atoms with Gasteiger partial charge in [-0.3, -0.25) is 0 Å². The van der Waals surface area contributed by atoms with Crippen LogP contribution in [0.5, 0.6) is 5.75 Å². The first-order valence-electron chi connectivity index (χ1n) is 9.37. The van der Waals surface area contributed by atoms with E-state index in [2.05, 4.69) is 25.3 Å². The van der Waals surface area contributed by atoms with Gasteiger partial charge in [-0.25, -0.2) is 9.78 Å². The first-order valence-corrected chi connectivity index (χ1v) is 9.37. The largest absolute Gasteiger partial charge is 0.485 e. The fraction of sp³-hybridized carbons (Fsp3) is 0.556. The van der Waals surface area contributed by atoms with E-state index >= 15 is 0 Å². The lowest BCUT2D eigenvalue weighted by molar-refractivity contribution is 0.186. The fourth-order valence-corrected chi connectivity index (χ4v) is 3.51. The number of pyridine rings is 1. The Morgan fingerprint density at radius 1 is 1.37 bits per heavy atom. The van der Waals surface area contributed by atoms with Crippen molar-refractivity contribution >= 4 is 11.8 Å². The number of ether oxygens (including phenoxy) is 1. The maximum Gasteiger partial charge on any atom is 0.317 e. The molecule has 2 saturated heterocycles. The SMILES string of the molecule is Cc1nc(CNC(=O)N2CC[C@@H](Oc3cccnc3N3CCCC3)C2)no1. The Bertz CT molecular complexity index is 789. The number of rotatable bonds is 5. The molecule has 144 valence electrons. The lowest BCUT2D eigenvalue weighted by Crippen LogP contribution is -2.39. The summed E-state index contributed by atoms with van der Waals surface area (Å²) >= 11 is 0. The third-order valence-corrected chi connectivity index (χ3v) is 4.85. The summed E-state index contributed by atoms with van der Waals surface area (Å²) in [5.41, 5.74) is 0. The molecule has 4 rings (SSSR count). The number of carbonyl (C=O) groups is 1. The van der Waals surface area contributed by atoms with Crippen molar-refractivity contribution in [2.75, 3.05) is 31.1 Å². The Morgan fingerprint density at radius 2 is 2.22 bits per heavy atom. The number of nitrogens with zero attached hydrogens (tertiary/aromatic N) is 5. The average Bonchev–Trinajstić information content (AvgIpc) is 3.42. The van der Waals surface area contributed by atoms with Crippen LogP contribution < -0.4 is 15.0 Å². The minimum absolute atomic E-state index is 0.0336. The van der Waals surface area contributed by atoms with Crippen molar-refractivity contribution in [1.82, 2.24) is 25.3 Å². The fourth-order valence-electron chi connectivity index (χ4n) is 3.51. The van der Waals surface area contributed by atoms with E-state index in [0.717, 1.165) is 31.1 Å². The van der Waals surface area contributed by atoms with Crippen molar-refractivity contribution in [3.05, 3.63) is 30.0 Å². The van der Waals surface area contributed by atoms with Crippen LogP contribution in [-0.2, 0) is 6.54 Å². The van der Waals surface area contributed by atoms with Crippen LogP contribution in [0.25, 0.3) is 0 Å². The second kappa shape index (κ2) is 7.81. The molecule has 2 aliphatic heterocycles. The normalized spacial score (nSPS) is 19.5. The molecule has 9 nitrogen and oxygen atoms in total. The van der Waals surface area contributed by atoms with Crippen LogP contribution in [0.2, 0.25) is 0 Å². The molecule has 0 saturated carbocycles. The van der Waals surface area contributed by atoms with Gasteiger partial charge >= 0.3 is 6.03 Å². The number of hydrogen-bond acceptors (Lipinski definition) is 7. The van der Waals surface area contributed by atoms with Gasteiger partial charge in [0.15, 0.2) is 17.4 Å². The van der Waals surface area contributed by atoms with Crippen molar-refractivity contribution in [3.63, 3.8) is 0 Å². The Morgan fingerprint density at radius 3 is 3.00 bits per heavy atom. The minimum Gasteiger partial charge on any atom is -0.485 e. The lowest BCUT2D eigenvalue weighted by Gasteiger charge is -2.22. The number of anilines is 1. The zero-order valence-electron chi connectivity index (χ0n) is 15.4. The summed E-state index contributed by atoms with van der Waals surface area (Å²) in [7, 11) is 0.